The van der Waals surface area contributed by atoms with Crippen LogP contribution in [0.15, 0.2) is 6.33 Å². The number of rotatable bonds is 6. The molecule has 1 aromatic rings. The molecule has 0 saturated heterocycles. The van der Waals surface area contributed by atoms with Crippen molar-refractivity contribution >= 4 is 11.6 Å². The Morgan fingerprint density at radius 2 is 2.12 bits per heavy atom. The van der Waals surface area contributed by atoms with Gasteiger partial charge in [-0.3, -0.25) is 0 Å². The van der Waals surface area contributed by atoms with Crippen molar-refractivity contribution in [2.24, 2.45) is 11.8 Å². The van der Waals surface area contributed by atoms with Crippen molar-refractivity contribution in [1.29, 1.82) is 0 Å². The minimum Gasteiger partial charge on any atom is -0.367 e. The molecule has 1 aromatic heterocycles. The Balaban J connectivity index is 2.18. The summed E-state index contributed by atoms with van der Waals surface area (Å²) in [6.45, 7) is 4.35. The number of nitrogens with one attached hydrogen (secondary N) is 2. The molecule has 17 heavy (non-hydrogen) atoms. The predicted octanol–water partition coefficient (Wildman–Crippen LogP) is 1.93. The zero-order valence-corrected chi connectivity index (χ0v) is 10.5. The van der Waals surface area contributed by atoms with E-state index in [0.29, 0.717) is 6.04 Å². The van der Waals surface area contributed by atoms with E-state index < -0.39 is 0 Å². The lowest BCUT2D eigenvalue weighted by Crippen LogP contribution is -2.21. The smallest absolute Gasteiger partial charge is 0.148 e. The second-order valence-corrected chi connectivity index (χ2v) is 4.71. The monoisotopic (exact) mass is 235 g/mol. The van der Waals surface area contributed by atoms with Crippen LogP contribution in [0.2, 0.25) is 0 Å². The highest BCUT2D eigenvalue weighted by Gasteiger charge is 2.28. The van der Waals surface area contributed by atoms with Gasteiger partial charge in [0.15, 0.2) is 0 Å². The molecule has 1 aliphatic rings. The van der Waals surface area contributed by atoms with Crippen molar-refractivity contribution in [1.82, 2.24) is 9.97 Å². The molecule has 1 unspecified atom stereocenters. The molecular weight excluding hydrogens is 214 g/mol. The molecule has 0 amide bonds. The fraction of sp³-hybridized carbons (Fsp3) is 0.667. The third-order valence-corrected chi connectivity index (χ3v) is 3.28. The number of hydrogen-bond acceptors (Lipinski definition) is 5. The first-order chi connectivity index (χ1) is 8.26. The highest BCUT2D eigenvalue weighted by atomic mass is 15.3. The van der Waals surface area contributed by atoms with Gasteiger partial charge in [-0.25, -0.2) is 15.8 Å². The van der Waals surface area contributed by atoms with Crippen LogP contribution in [-0.4, -0.2) is 16.0 Å². The molecule has 1 atom stereocenters. The van der Waals surface area contributed by atoms with Crippen molar-refractivity contribution in [2.75, 3.05) is 10.7 Å². The molecule has 0 aromatic carbocycles. The summed E-state index contributed by atoms with van der Waals surface area (Å²) >= 11 is 0. The first-order valence-corrected chi connectivity index (χ1v) is 6.33. The Hall–Kier alpha value is -1.36. The molecule has 0 spiro atoms. The maximum atomic E-state index is 5.48. The van der Waals surface area contributed by atoms with Crippen molar-refractivity contribution < 1.29 is 0 Å². The van der Waals surface area contributed by atoms with Crippen LogP contribution in [0.5, 0.6) is 0 Å². The molecule has 5 heteroatoms. The van der Waals surface area contributed by atoms with Crippen LogP contribution in [0.1, 0.15) is 38.7 Å². The average Bonchev–Trinajstić information content (AvgIpc) is 3.15. The molecule has 0 bridgehead atoms. The van der Waals surface area contributed by atoms with Gasteiger partial charge in [0.25, 0.3) is 0 Å². The van der Waals surface area contributed by atoms with Crippen molar-refractivity contribution in [3.8, 4) is 0 Å². The maximum absolute atomic E-state index is 5.48. The average molecular weight is 235 g/mol. The van der Waals surface area contributed by atoms with Crippen LogP contribution in [-0.2, 0) is 6.42 Å². The number of hydrogen-bond donors (Lipinski definition) is 3. The van der Waals surface area contributed by atoms with Crippen LogP contribution >= 0.6 is 0 Å². The van der Waals surface area contributed by atoms with E-state index in [9.17, 15) is 0 Å². The minimum atomic E-state index is 0.478. The van der Waals surface area contributed by atoms with E-state index in [1.807, 2.05) is 0 Å². The molecule has 2 rings (SSSR count). The van der Waals surface area contributed by atoms with Gasteiger partial charge in [0, 0.05) is 11.6 Å². The first kappa shape index (κ1) is 12.1. The highest BCUT2D eigenvalue weighted by Crippen LogP contribution is 2.34. The molecule has 1 saturated carbocycles. The van der Waals surface area contributed by atoms with Gasteiger partial charge >= 0.3 is 0 Å². The molecule has 1 fully saturated rings. The fourth-order valence-corrected chi connectivity index (χ4v) is 2.08. The van der Waals surface area contributed by atoms with Crippen LogP contribution in [0.25, 0.3) is 0 Å². The number of hydrazine groups is 1. The normalized spacial score (nSPS) is 16.6. The van der Waals surface area contributed by atoms with E-state index in [-0.39, 0.29) is 0 Å². The zero-order chi connectivity index (χ0) is 12.3. The molecule has 5 nitrogen and oxygen atoms in total. The van der Waals surface area contributed by atoms with Crippen molar-refractivity contribution in [3.05, 3.63) is 11.9 Å². The molecule has 0 aliphatic heterocycles. The molecular formula is C12H21N5. The predicted molar refractivity (Wildman–Crippen MR) is 69.6 cm³/mol. The lowest BCUT2D eigenvalue weighted by molar-refractivity contribution is 0.687. The number of aromatic nitrogens is 2. The van der Waals surface area contributed by atoms with Crippen LogP contribution < -0.4 is 16.6 Å². The summed E-state index contributed by atoms with van der Waals surface area (Å²) in [6, 6.07) is 0.478. The molecule has 1 heterocycles. The molecule has 0 radical (unpaired) electrons. The summed E-state index contributed by atoms with van der Waals surface area (Å²) in [5, 5.41) is 3.49. The van der Waals surface area contributed by atoms with E-state index >= 15 is 0 Å². The maximum Gasteiger partial charge on any atom is 0.148 e. The molecule has 94 valence electrons. The number of nitrogens with two attached hydrogens (primary N) is 1. The zero-order valence-electron chi connectivity index (χ0n) is 10.5. The van der Waals surface area contributed by atoms with Gasteiger partial charge in [0.1, 0.15) is 18.0 Å². The van der Waals surface area contributed by atoms with Crippen LogP contribution in [0.3, 0.4) is 0 Å². The van der Waals surface area contributed by atoms with Gasteiger partial charge in [-0.2, -0.15) is 0 Å². The van der Waals surface area contributed by atoms with Crippen molar-refractivity contribution in [2.45, 2.75) is 45.6 Å². The first-order valence-electron chi connectivity index (χ1n) is 6.33. The Kier molecular flexibility index (Phi) is 3.78. The largest absolute Gasteiger partial charge is 0.367 e. The van der Waals surface area contributed by atoms with Gasteiger partial charge in [0.2, 0.25) is 0 Å². The number of nitrogens with zero attached hydrogens (tertiary/aromatic N) is 2. The summed E-state index contributed by atoms with van der Waals surface area (Å²) in [6.07, 6.45) is 6.18. The number of nitrogen functional groups attached to an aromatic ring is 1. The Bertz CT molecular complexity index is 375. The van der Waals surface area contributed by atoms with E-state index in [1.165, 1.54) is 12.8 Å². The van der Waals surface area contributed by atoms with E-state index in [1.54, 1.807) is 6.33 Å². The second-order valence-electron chi connectivity index (χ2n) is 4.71. The van der Waals surface area contributed by atoms with Crippen molar-refractivity contribution in [3.63, 3.8) is 0 Å². The lowest BCUT2D eigenvalue weighted by Gasteiger charge is -2.17. The van der Waals surface area contributed by atoms with E-state index in [4.69, 9.17) is 5.84 Å². The van der Waals surface area contributed by atoms with E-state index in [2.05, 4.69) is 34.6 Å². The molecule has 4 N–H and O–H groups in total. The molecule has 1 aliphatic carbocycles. The second kappa shape index (κ2) is 5.31. The summed E-state index contributed by atoms with van der Waals surface area (Å²) < 4.78 is 0. The summed E-state index contributed by atoms with van der Waals surface area (Å²) in [7, 11) is 0. The Morgan fingerprint density at radius 1 is 1.41 bits per heavy atom. The fourth-order valence-electron chi connectivity index (χ4n) is 2.08. The topological polar surface area (TPSA) is 75.9 Å². The highest BCUT2D eigenvalue weighted by molar-refractivity contribution is 5.57. The van der Waals surface area contributed by atoms with Gasteiger partial charge < -0.3 is 10.7 Å². The minimum absolute atomic E-state index is 0.478. The standard InChI is InChI=1S/C12H21N5/c1-3-4-10-11(14-7-15-12(10)17-13)16-8(2)9-5-6-9/h7-9H,3-6,13H2,1-2H3,(H2,14,15,16,17). The number of anilines is 2. The van der Waals surface area contributed by atoms with E-state index in [0.717, 1.165) is 36.0 Å². The third kappa shape index (κ3) is 2.85. The van der Waals surface area contributed by atoms with Gasteiger partial charge in [-0.15, -0.1) is 0 Å². The van der Waals surface area contributed by atoms with Crippen LogP contribution in [0.4, 0.5) is 11.6 Å². The quantitative estimate of drug-likeness (QED) is 0.519. The third-order valence-electron chi connectivity index (χ3n) is 3.28. The van der Waals surface area contributed by atoms with Gasteiger partial charge in [-0.05, 0) is 32.1 Å². The summed E-state index contributed by atoms with van der Waals surface area (Å²) in [4.78, 5) is 8.50. The SMILES string of the molecule is CCCc1c(NN)ncnc1NC(C)C1CC1. The lowest BCUT2D eigenvalue weighted by atomic mass is 10.1. The van der Waals surface area contributed by atoms with Gasteiger partial charge in [0.05, 0.1) is 0 Å². The summed E-state index contributed by atoms with van der Waals surface area (Å²) in [5.74, 6) is 7.94. The Labute approximate surface area is 102 Å². The van der Waals surface area contributed by atoms with Gasteiger partial charge in [-0.1, -0.05) is 13.3 Å². The summed E-state index contributed by atoms with van der Waals surface area (Å²) in [5.41, 5.74) is 3.74. The van der Waals surface area contributed by atoms with Crippen LogP contribution in [0, 0.1) is 5.92 Å². The Morgan fingerprint density at radius 3 is 2.71 bits per heavy atom.